The number of fused-ring (bicyclic) bond motifs is 2. The van der Waals surface area contributed by atoms with Gasteiger partial charge in [-0.25, -0.2) is 4.98 Å². The van der Waals surface area contributed by atoms with Crippen LogP contribution in [0.15, 0.2) is 95.9 Å². The Morgan fingerprint density at radius 1 is 0.867 bits per heavy atom. The highest BCUT2D eigenvalue weighted by molar-refractivity contribution is 5.99. The molecule has 5 aromatic rings. The van der Waals surface area contributed by atoms with E-state index in [2.05, 4.69) is 39.7 Å². The summed E-state index contributed by atoms with van der Waals surface area (Å²) in [6, 6.07) is 27.5. The topological polar surface area (TPSA) is 95.4 Å². The Kier molecular flexibility index (Phi) is 7.77. The molecular weight excluding hydrogens is 562 g/mol. The van der Waals surface area contributed by atoms with E-state index in [1.54, 1.807) is 10.8 Å². The van der Waals surface area contributed by atoms with Gasteiger partial charge >= 0.3 is 0 Å². The van der Waals surface area contributed by atoms with Gasteiger partial charge in [-0.1, -0.05) is 42.5 Å². The summed E-state index contributed by atoms with van der Waals surface area (Å²) >= 11 is 0. The van der Waals surface area contributed by atoms with Gasteiger partial charge in [-0.15, -0.1) is 0 Å². The average Bonchev–Trinajstić information content (AvgIpc) is 3.06. The number of ketones is 1. The van der Waals surface area contributed by atoms with Gasteiger partial charge in [-0.2, -0.15) is 4.98 Å². The van der Waals surface area contributed by atoms with Crippen LogP contribution in [0.5, 0.6) is 0 Å². The molecule has 1 atom stereocenters. The minimum Gasteiger partial charge on any atom is -0.382 e. The van der Waals surface area contributed by atoms with Gasteiger partial charge in [0.25, 0.3) is 5.56 Å². The third-order valence-corrected chi connectivity index (χ3v) is 9.05. The van der Waals surface area contributed by atoms with Crippen molar-refractivity contribution in [3.63, 3.8) is 0 Å². The molecule has 45 heavy (non-hydrogen) atoms. The summed E-state index contributed by atoms with van der Waals surface area (Å²) in [5.74, 6) is 0.420. The van der Waals surface area contributed by atoms with Crippen molar-refractivity contribution in [1.29, 1.82) is 0 Å². The molecule has 1 fully saturated rings. The van der Waals surface area contributed by atoms with Gasteiger partial charge in [0.05, 0.1) is 6.04 Å². The summed E-state index contributed by atoms with van der Waals surface area (Å²) < 4.78 is 1.71. The highest BCUT2D eigenvalue weighted by Crippen LogP contribution is 2.32. The molecule has 3 aromatic carbocycles. The van der Waals surface area contributed by atoms with Crippen molar-refractivity contribution in [3.05, 3.63) is 113 Å². The molecule has 0 radical (unpaired) electrons. The van der Waals surface area contributed by atoms with Gasteiger partial charge in [0.15, 0.2) is 5.78 Å². The van der Waals surface area contributed by atoms with Gasteiger partial charge in [-0.05, 0) is 87.4 Å². The second-order valence-corrected chi connectivity index (χ2v) is 12.1. The molecular formula is C36H37N7O2. The summed E-state index contributed by atoms with van der Waals surface area (Å²) in [4.78, 5) is 41.3. The molecule has 2 aromatic heterocycles. The van der Waals surface area contributed by atoms with Crippen molar-refractivity contribution in [3.8, 4) is 0 Å². The van der Waals surface area contributed by atoms with Gasteiger partial charge in [0, 0.05) is 53.7 Å². The number of anilines is 5. The molecule has 0 bridgehead atoms. The molecule has 1 aliphatic carbocycles. The highest BCUT2D eigenvalue weighted by Gasteiger charge is 2.29. The van der Waals surface area contributed by atoms with Crippen molar-refractivity contribution in [2.75, 3.05) is 42.7 Å². The first kappa shape index (κ1) is 28.7. The fourth-order valence-electron chi connectivity index (χ4n) is 6.51. The van der Waals surface area contributed by atoms with E-state index in [1.165, 1.54) is 0 Å². The molecule has 228 valence electrons. The van der Waals surface area contributed by atoms with Crippen LogP contribution in [0.2, 0.25) is 0 Å². The molecule has 1 aliphatic heterocycles. The van der Waals surface area contributed by atoms with E-state index in [0.717, 1.165) is 59.5 Å². The monoisotopic (exact) mass is 599 g/mol. The summed E-state index contributed by atoms with van der Waals surface area (Å²) in [5, 5.41) is 7.69. The molecule has 3 heterocycles. The van der Waals surface area contributed by atoms with E-state index in [0.29, 0.717) is 29.7 Å². The lowest BCUT2D eigenvalue weighted by Crippen LogP contribution is -2.36. The van der Waals surface area contributed by atoms with Gasteiger partial charge in [-0.3, -0.25) is 14.2 Å². The fraction of sp³-hybridized carbons (Fsp3) is 0.278. The number of Topliss-reactive ketones (excluding diaryl/α,β-unsaturated/α-hetero) is 1. The van der Waals surface area contributed by atoms with Crippen molar-refractivity contribution in [2.24, 2.45) is 0 Å². The average molecular weight is 600 g/mol. The van der Waals surface area contributed by atoms with E-state index in [4.69, 9.17) is 4.98 Å². The van der Waals surface area contributed by atoms with E-state index in [-0.39, 0.29) is 23.8 Å². The zero-order chi connectivity index (χ0) is 30.9. The predicted octanol–water partition coefficient (Wildman–Crippen LogP) is 6.18. The maximum atomic E-state index is 14.3. The van der Waals surface area contributed by atoms with Crippen molar-refractivity contribution in [2.45, 2.75) is 37.8 Å². The Bertz CT molecular complexity index is 1900. The number of likely N-dealkylation sites (tertiary alicyclic amines) is 1. The standard InChI is InChI=1S/C36H37N7O2/c1-41-18-16-28(17-19-41)38-26-12-14-27(15-13-26)39-36-37-23-25-21-32(42(2)29-9-4-3-5-10-29)35(45)43(34(25)40-36)30-20-24-8-6-7-11-31(24)33(44)22-30/h3-15,21,23,28,30,38H,16-20,22H2,1-2H3,(H,37,39,40). The second-order valence-electron chi connectivity index (χ2n) is 12.1. The van der Waals surface area contributed by atoms with Crippen molar-refractivity contribution < 1.29 is 4.79 Å². The number of carbonyl (C=O) groups is 1. The van der Waals surface area contributed by atoms with Crippen LogP contribution in [0.4, 0.5) is 28.7 Å². The van der Waals surface area contributed by atoms with E-state index >= 15 is 0 Å². The number of pyridine rings is 1. The fourth-order valence-corrected chi connectivity index (χ4v) is 6.51. The second kappa shape index (κ2) is 12.2. The molecule has 1 saturated heterocycles. The SMILES string of the molecule is CN1CCC(Nc2ccc(Nc3ncc4cc(N(C)c5ccccc5)c(=O)n(C5CC(=O)c6ccccc6C5)c4n3)cc2)CC1. The lowest BCUT2D eigenvalue weighted by atomic mass is 9.87. The molecule has 0 saturated carbocycles. The Hall–Kier alpha value is -5.02. The smallest absolute Gasteiger partial charge is 0.276 e. The van der Waals surface area contributed by atoms with Crippen molar-refractivity contribution >= 4 is 45.5 Å². The molecule has 9 nitrogen and oxygen atoms in total. The number of nitrogens with zero attached hydrogens (tertiary/aromatic N) is 5. The maximum absolute atomic E-state index is 14.3. The largest absolute Gasteiger partial charge is 0.382 e. The Balaban J connectivity index is 1.23. The van der Waals surface area contributed by atoms with E-state index < -0.39 is 0 Å². The minimum atomic E-state index is -0.376. The van der Waals surface area contributed by atoms with Crippen LogP contribution in [-0.4, -0.2) is 58.4 Å². The molecule has 9 heteroatoms. The number of hydrogen-bond acceptors (Lipinski definition) is 8. The molecule has 0 spiro atoms. The van der Waals surface area contributed by atoms with E-state index in [1.807, 2.05) is 84.7 Å². The first-order chi connectivity index (χ1) is 21.9. The summed E-state index contributed by atoms with van der Waals surface area (Å²) in [6.45, 7) is 2.21. The maximum Gasteiger partial charge on any atom is 0.276 e. The molecule has 2 N–H and O–H groups in total. The molecule has 2 aliphatic rings. The number of para-hydroxylation sites is 1. The lowest BCUT2D eigenvalue weighted by molar-refractivity contribution is 0.0951. The first-order valence-electron chi connectivity index (χ1n) is 15.6. The van der Waals surface area contributed by atoms with E-state index in [9.17, 15) is 9.59 Å². The summed E-state index contributed by atoms with van der Waals surface area (Å²) in [5.41, 5.74) is 5.30. The molecule has 0 amide bonds. The van der Waals surface area contributed by atoms with Crippen LogP contribution >= 0.6 is 0 Å². The summed E-state index contributed by atoms with van der Waals surface area (Å²) in [7, 11) is 4.05. The zero-order valence-corrected chi connectivity index (χ0v) is 25.6. The number of rotatable bonds is 7. The predicted molar refractivity (Wildman–Crippen MR) is 180 cm³/mol. The summed E-state index contributed by atoms with van der Waals surface area (Å²) in [6.07, 6.45) is 4.79. The number of piperidine rings is 1. The quantitative estimate of drug-likeness (QED) is 0.229. The number of carbonyl (C=O) groups excluding carboxylic acids is 1. The molecule has 1 unspecified atom stereocenters. The zero-order valence-electron chi connectivity index (χ0n) is 25.6. The van der Waals surface area contributed by atoms with Crippen molar-refractivity contribution in [1.82, 2.24) is 19.4 Å². The van der Waals surface area contributed by atoms with Gasteiger partial charge in [0.1, 0.15) is 11.3 Å². The minimum absolute atomic E-state index is 0.0325. The van der Waals surface area contributed by atoms with Gasteiger partial charge in [0.2, 0.25) is 5.95 Å². The lowest BCUT2D eigenvalue weighted by Gasteiger charge is -2.30. The van der Waals surface area contributed by atoms with Crippen LogP contribution in [0, 0.1) is 0 Å². The van der Waals surface area contributed by atoms with Gasteiger partial charge < -0.3 is 20.4 Å². The number of aromatic nitrogens is 3. The number of hydrogen-bond donors (Lipinski definition) is 2. The van der Waals surface area contributed by atoms with Crippen LogP contribution in [0.1, 0.15) is 41.2 Å². The Morgan fingerprint density at radius 3 is 2.36 bits per heavy atom. The number of nitrogens with one attached hydrogen (secondary N) is 2. The number of benzene rings is 3. The van der Waals surface area contributed by atoms with Crippen LogP contribution in [0.3, 0.4) is 0 Å². The van der Waals surface area contributed by atoms with Crippen LogP contribution in [-0.2, 0) is 6.42 Å². The third kappa shape index (κ3) is 5.91. The third-order valence-electron chi connectivity index (χ3n) is 9.05. The Labute approximate surface area is 262 Å². The van der Waals surface area contributed by atoms with Crippen LogP contribution in [0.25, 0.3) is 11.0 Å². The molecule has 7 rings (SSSR count). The Morgan fingerprint density at radius 2 is 1.58 bits per heavy atom. The highest BCUT2D eigenvalue weighted by atomic mass is 16.1. The van der Waals surface area contributed by atoms with Crippen LogP contribution < -0.4 is 21.1 Å². The normalized spacial score (nSPS) is 17.2. The first-order valence-corrected chi connectivity index (χ1v) is 15.6.